The molecule has 0 fully saturated rings. The van der Waals surface area contributed by atoms with Crippen LogP contribution in [0.4, 0.5) is 0 Å². The SMILES string of the molecule is CC/C=C\C/C=C\C/C=C\C/C=C\CCCCCCCCCCCCCCC(=O)OCC(COC(=O)CCCCC/C=C\C/C=C\C/C=C\CC)OC(=O)CCCCCCC/C=C\C/C=C\CCCCCC. The average molecular weight is 1000 g/mol. The normalized spacial score (nSPS) is 12.9. The Bertz CT molecular complexity index is 1470. The van der Waals surface area contributed by atoms with Crippen molar-refractivity contribution < 1.29 is 28.6 Å². The zero-order valence-corrected chi connectivity index (χ0v) is 46.9. The van der Waals surface area contributed by atoms with Gasteiger partial charge >= 0.3 is 17.9 Å². The molecule has 0 aliphatic heterocycles. The van der Waals surface area contributed by atoms with Gasteiger partial charge in [0.2, 0.25) is 0 Å². The monoisotopic (exact) mass is 999 g/mol. The van der Waals surface area contributed by atoms with Gasteiger partial charge in [-0.3, -0.25) is 14.4 Å². The molecule has 6 nitrogen and oxygen atoms in total. The van der Waals surface area contributed by atoms with Crippen molar-refractivity contribution in [2.24, 2.45) is 0 Å². The lowest BCUT2D eigenvalue weighted by atomic mass is 10.0. The van der Waals surface area contributed by atoms with Crippen LogP contribution >= 0.6 is 0 Å². The molecule has 410 valence electrons. The molecule has 0 N–H and O–H groups in total. The summed E-state index contributed by atoms with van der Waals surface area (Å²) in [6, 6.07) is 0. The maximum Gasteiger partial charge on any atom is 0.306 e. The topological polar surface area (TPSA) is 78.9 Å². The first kappa shape index (κ1) is 68.1. The second-order valence-electron chi connectivity index (χ2n) is 19.5. The van der Waals surface area contributed by atoms with Crippen LogP contribution in [0.15, 0.2) is 109 Å². The van der Waals surface area contributed by atoms with E-state index in [4.69, 9.17) is 14.2 Å². The minimum absolute atomic E-state index is 0.0949. The molecule has 0 aliphatic rings. The highest BCUT2D eigenvalue weighted by atomic mass is 16.6. The van der Waals surface area contributed by atoms with Gasteiger partial charge in [-0.05, 0) is 122 Å². The molecule has 0 heterocycles. The summed E-state index contributed by atoms with van der Waals surface area (Å²) < 4.78 is 16.8. The molecule has 0 aromatic heterocycles. The van der Waals surface area contributed by atoms with Gasteiger partial charge in [0.25, 0.3) is 0 Å². The van der Waals surface area contributed by atoms with E-state index in [-0.39, 0.29) is 31.1 Å². The second-order valence-corrected chi connectivity index (χ2v) is 19.5. The Morgan fingerprint density at radius 2 is 0.542 bits per heavy atom. The fraction of sp³-hybridized carbons (Fsp3) is 0.682. The van der Waals surface area contributed by atoms with Crippen molar-refractivity contribution in [1.29, 1.82) is 0 Å². The number of hydrogen-bond donors (Lipinski definition) is 0. The Morgan fingerprint density at radius 1 is 0.292 bits per heavy atom. The van der Waals surface area contributed by atoms with Gasteiger partial charge < -0.3 is 14.2 Å². The third-order valence-corrected chi connectivity index (χ3v) is 12.5. The van der Waals surface area contributed by atoms with Crippen molar-refractivity contribution in [1.82, 2.24) is 0 Å². The van der Waals surface area contributed by atoms with Gasteiger partial charge in [-0.1, -0.05) is 239 Å². The third-order valence-electron chi connectivity index (χ3n) is 12.5. The molecule has 0 bridgehead atoms. The van der Waals surface area contributed by atoms with Crippen LogP contribution in [-0.2, 0) is 28.6 Å². The van der Waals surface area contributed by atoms with E-state index in [0.29, 0.717) is 19.3 Å². The van der Waals surface area contributed by atoms with Gasteiger partial charge in [0, 0.05) is 19.3 Å². The Balaban J connectivity index is 4.34. The largest absolute Gasteiger partial charge is 0.462 e. The molecule has 1 unspecified atom stereocenters. The lowest BCUT2D eigenvalue weighted by Gasteiger charge is -2.18. The molecule has 72 heavy (non-hydrogen) atoms. The number of allylic oxidation sites excluding steroid dienone is 18. The van der Waals surface area contributed by atoms with E-state index in [0.717, 1.165) is 135 Å². The predicted molar refractivity (Wildman–Crippen MR) is 311 cm³/mol. The zero-order valence-electron chi connectivity index (χ0n) is 46.9. The van der Waals surface area contributed by atoms with Gasteiger partial charge in [-0.25, -0.2) is 0 Å². The molecule has 0 aromatic rings. The van der Waals surface area contributed by atoms with E-state index in [1.165, 1.54) is 96.3 Å². The van der Waals surface area contributed by atoms with Crippen LogP contribution in [0.3, 0.4) is 0 Å². The van der Waals surface area contributed by atoms with Crippen LogP contribution in [0.2, 0.25) is 0 Å². The smallest absolute Gasteiger partial charge is 0.306 e. The molecular formula is C66H110O6. The summed E-state index contributed by atoms with van der Waals surface area (Å²) in [5.41, 5.74) is 0. The molecule has 6 heteroatoms. The maximum atomic E-state index is 12.9. The molecule has 0 radical (unpaired) electrons. The van der Waals surface area contributed by atoms with Crippen molar-refractivity contribution in [2.45, 2.75) is 277 Å². The van der Waals surface area contributed by atoms with Crippen LogP contribution in [0.5, 0.6) is 0 Å². The number of ether oxygens (including phenoxy) is 3. The van der Waals surface area contributed by atoms with Gasteiger partial charge in [0.1, 0.15) is 13.2 Å². The quantitative estimate of drug-likeness (QED) is 0.0261. The number of rotatable bonds is 53. The third kappa shape index (κ3) is 57.0. The fourth-order valence-corrected chi connectivity index (χ4v) is 8.07. The van der Waals surface area contributed by atoms with Crippen molar-refractivity contribution in [2.75, 3.05) is 13.2 Å². The summed E-state index contributed by atoms with van der Waals surface area (Å²) in [4.78, 5) is 38.2. The molecule has 0 spiro atoms. The fourth-order valence-electron chi connectivity index (χ4n) is 8.07. The highest BCUT2D eigenvalue weighted by Crippen LogP contribution is 2.15. The second kappa shape index (κ2) is 59.6. The van der Waals surface area contributed by atoms with Crippen molar-refractivity contribution in [3.63, 3.8) is 0 Å². The van der Waals surface area contributed by atoms with Crippen molar-refractivity contribution >= 4 is 17.9 Å². The van der Waals surface area contributed by atoms with Crippen LogP contribution in [-0.4, -0.2) is 37.2 Å². The van der Waals surface area contributed by atoms with E-state index < -0.39 is 6.10 Å². The summed E-state index contributed by atoms with van der Waals surface area (Å²) in [6.45, 7) is 6.36. The van der Waals surface area contributed by atoms with Crippen molar-refractivity contribution in [3.05, 3.63) is 109 Å². The van der Waals surface area contributed by atoms with Crippen LogP contribution in [0.1, 0.15) is 271 Å². The molecular weight excluding hydrogens is 889 g/mol. The minimum atomic E-state index is -0.800. The molecule has 0 amide bonds. The van der Waals surface area contributed by atoms with Gasteiger partial charge in [-0.2, -0.15) is 0 Å². The van der Waals surface area contributed by atoms with E-state index in [2.05, 4.69) is 130 Å². The Morgan fingerprint density at radius 3 is 0.861 bits per heavy atom. The first-order chi connectivity index (χ1) is 35.5. The van der Waals surface area contributed by atoms with Crippen LogP contribution in [0, 0.1) is 0 Å². The Kier molecular flexibility index (Phi) is 56.4. The van der Waals surface area contributed by atoms with E-state index in [1.54, 1.807) is 0 Å². The highest BCUT2D eigenvalue weighted by molar-refractivity contribution is 5.71. The first-order valence-electron chi connectivity index (χ1n) is 29.9. The minimum Gasteiger partial charge on any atom is -0.462 e. The Hall–Kier alpha value is -3.93. The summed E-state index contributed by atoms with van der Waals surface area (Å²) >= 11 is 0. The molecule has 0 aliphatic carbocycles. The molecule has 0 saturated carbocycles. The summed E-state index contributed by atoms with van der Waals surface area (Å²) in [6.07, 6.45) is 80.9. The van der Waals surface area contributed by atoms with E-state index in [9.17, 15) is 14.4 Å². The van der Waals surface area contributed by atoms with Gasteiger partial charge in [-0.15, -0.1) is 0 Å². The Labute approximate surface area is 444 Å². The van der Waals surface area contributed by atoms with Crippen LogP contribution < -0.4 is 0 Å². The number of esters is 3. The zero-order chi connectivity index (χ0) is 52.2. The molecule has 0 rings (SSSR count). The van der Waals surface area contributed by atoms with E-state index >= 15 is 0 Å². The highest BCUT2D eigenvalue weighted by Gasteiger charge is 2.19. The van der Waals surface area contributed by atoms with Gasteiger partial charge in [0.15, 0.2) is 6.10 Å². The lowest BCUT2D eigenvalue weighted by Crippen LogP contribution is -2.30. The number of carbonyl (C=O) groups is 3. The van der Waals surface area contributed by atoms with Crippen molar-refractivity contribution in [3.8, 4) is 0 Å². The predicted octanol–water partition coefficient (Wildman–Crippen LogP) is 20.3. The first-order valence-corrected chi connectivity index (χ1v) is 29.9. The number of unbranched alkanes of at least 4 members (excludes halogenated alkanes) is 24. The summed E-state index contributed by atoms with van der Waals surface area (Å²) in [5.74, 6) is -0.938. The number of hydrogen-bond acceptors (Lipinski definition) is 6. The standard InChI is InChI=1S/C66H110O6/c1-4-7-10-13-16-19-22-25-27-29-30-31-32-33-34-35-36-37-39-41-44-47-50-53-56-59-65(68)71-62-63(61-70-64(67)58-55-52-49-46-43-40-24-21-18-15-12-9-6-3)72-66(69)60-57-54-51-48-45-42-38-28-26-23-20-17-14-11-8-5-2/h7,9-10,12,16,18-21,23,25,27-28,30-31,38,40,43,63H,4-6,8,11,13-15,17,22,24,26,29,32-37,39,41-42,44-62H2,1-3H3/b10-7-,12-9-,19-16-,21-18-,23-20-,27-25-,31-30-,38-28-,43-40-. The van der Waals surface area contributed by atoms with Crippen LogP contribution in [0.25, 0.3) is 0 Å². The summed E-state index contributed by atoms with van der Waals surface area (Å²) in [7, 11) is 0. The maximum absolute atomic E-state index is 12.9. The van der Waals surface area contributed by atoms with Gasteiger partial charge in [0.05, 0.1) is 0 Å². The molecule has 0 aromatic carbocycles. The average Bonchev–Trinajstić information content (AvgIpc) is 3.38. The lowest BCUT2D eigenvalue weighted by molar-refractivity contribution is -0.167. The summed E-state index contributed by atoms with van der Waals surface area (Å²) in [5, 5.41) is 0. The number of carbonyl (C=O) groups excluding carboxylic acids is 3. The van der Waals surface area contributed by atoms with E-state index in [1.807, 2.05) is 0 Å². The molecule has 1 atom stereocenters. The molecule has 0 saturated heterocycles.